The van der Waals surface area contributed by atoms with Gasteiger partial charge in [-0.05, 0) is 87.4 Å². The number of carbonyl (C=O) groups is 1. The first-order chi connectivity index (χ1) is 23.4. The summed E-state index contributed by atoms with van der Waals surface area (Å²) in [4.78, 5) is 16.3. The molecular weight excluding hydrogens is 685 g/mol. The molecule has 3 aliphatic heterocycles. The van der Waals surface area contributed by atoms with E-state index in [1.807, 2.05) is 47.1 Å². The van der Waals surface area contributed by atoms with Crippen molar-refractivity contribution in [3.8, 4) is 22.4 Å². The van der Waals surface area contributed by atoms with Gasteiger partial charge in [0.2, 0.25) is 10.0 Å². The number of rotatable bonds is 9. The molecule has 49 heavy (non-hydrogen) atoms. The predicted molar refractivity (Wildman–Crippen MR) is 193 cm³/mol. The average molecular weight is 731 g/mol. The SMILES string of the molecule is C=C(C)OC(=O)N1CCC(C2CCN(C[C@H](O)Cn3nc(-c4ccc(Cl)c(-c5ccc(Cl)cc5)c4)c4c3CCN(S(C)(=O)=O)C4)CC2)CC1. The lowest BCUT2D eigenvalue weighted by molar-refractivity contribution is 0.0540. The fourth-order valence-electron chi connectivity index (χ4n) is 7.58. The van der Waals surface area contributed by atoms with E-state index in [-0.39, 0.29) is 12.6 Å². The maximum atomic E-state index is 12.6. The number of hydrogen-bond donors (Lipinski definition) is 1. The van der Waals surface area contributed by atoms with Gasteiger partial charge in [-0.2, -0.15) is 9.40 Å². The van der Waals surface area contributed by atoms with Crippen LogP contribution < -0.4 is 0 Å². The highest BCUT2D eigenvalue weighted by Gasteiger charge is 2.33. The van der Waals surface area contributed by atoms with Gasteiger partial charge in [0, 0.05) is 71.6 Å². The number of ether oxygens (including phenoxy) is 1. The molecule has 0 aliphatic carbocycles. The summed E-state index contributed by atoms with van der Waals surface area (Å²) in [6.07, 6.45) is 4.91. The topological polar surface area (TPSA) is 108 Å². The Kier molecular flexibility index (Phi) is 11.1. The van der Waals surface area contributed by atoms with E-state index < -0.39 is 16.1 Å². The zero-order valence-electron chi connectivity index (χ0n) is 28.2. The zero-order chi connectivity index (χ0) is 34.9. The molecule has 13 heteroatoms. The van der Waals surface area contributed by atoms with Crippen LogP contribution in [0.4, 0.5) is 4.79 Å². The Balaban J connectivity index is 1.12. The summed E-state index contributed by atoms with van der Waals surface area (Å²) in [5.41, 5.74) is 5.07. The van der Waals surface area contributed by atoms with Crippen LogP contribution in [0.15, 0.2) is 54.8 Å². The van der Waals surface area contributed by atoms with Crippen molar-refractivity contribution in [1.82, 2.24) is 23.9 Å². The second-order valence-corrected chi connectivity index (χ2v) is 16.5. The molecule has 2 aromatic carbocycles. The van der Waals surface area contributed by atoms with Crippen molar-refractivity contribution in [3.05, 3.63) is 76.1 Å². The number of hydrogen-bond acceptors (Lipinski definition) is 7. The van der Waals surface area contributed by atoms with Gasteiger partial charge in [-0.15, -0.1) is 0 Å². The van der Waals surface area contributed by atoms with Crippen molar-refractivity contribution < 1.29 is 23.1 Å². The van der Waals surface area contributed by atoms with E-state index in [4.69, 9.17) is 33.0 Å². The van der Waals surface area contributed by atoms with E-state index in [2.05, 4.69) is 11.5 Å². The Morgan fingerprint density at radius 1 is 0.980 bits per heavy atom. The number of nitrogens with zero attached hydrogens (tertiary/aromatic N) is 5. The van der Waals surface area contributed by atoms with Crippen molar-refractivity contribution in [2.24, 2.45) is 11.8 Å². The Bertz CT molecular complexity index is 1780. The number of aromatic nitrogens is 2. The minimum absolute atomic E-state index is 0.222. The molecular formula is C36H45Cl2N5O5S. The Morgan fingerprint density at radius 2 is 1.61 bits per heavy atom. The molecule has 3 aliphatic rings. The van der Waals surface area contributed by atoms with Crippen LogP contribution in [0.2, 0.25) is 10.0 Å². The standard InChI is InChI=1S/C36H45Cl2N5O5S/c1-24(2)48-36(45)41-17-12-26(13-18-41)25-10-15-40(16-11-25)21-30(44)22-43-34-14-19-42(49(3,46)47)23-32(34)35(39-43)28-6-9-33(38)31(20-28)27-4-7-29(37)8-5-27/h4-9,20,25-26,30,44H,1,10-19,21-23H2,2-3H3/t30-/m0/s1. The number of sulfonamides is 1. The second kappa shape index (κ2) is 15.1. The summed E-state index contributed by atoms with van der Waals surface area (Å²) in [6, 6.07) is 13.2. The minimum Gasteiger partial charge on any atom is -0.416 e. The highest BCUT2D eigenvalue weighted by atomic mass is 35.5. The molecule has 2 saturated heterocycles. The van der Waals surface area contributed by atoms with E-state index in [0.717, 1.165) is 66.7 Å². The molecule has 0 spiro atoms. The van der Waals surface area contributed by atoms with Gasteiger partial charge in [0.25, 0.3) is 0 Å². The van der Waals surface area contributed by atoms with Crippen LogP contribution in [0.1, 0.15) is 43.9 Å². The number of aliphatic hydroxyl groups is 1. The van der Waals surface area contributed by atoms with E-state index in [1.54, 1.807) is 11.8 Å². The third-order valence-corrected chi connectivity index (χ3v) is 12.0. The number of likely N-dealkylation sites (tertiary alicyclic amines) is 2. The van der Waals surface area contributed by atoms with Crippen LogP contribution >= 0.6 is 23.2 Å². The van der Waals surface area contributed by atoms with Gasteiger partial charge in [-0.25, -0.2) is 13.2 Å². The van der Waals surface area contributed by atoms with Gasteiger partial charge >= 0.3 is 6.09 Å². The molecule has 1 atom stereocenters. The van der Waals surface area contributed by atoms with E-state index in [1.165, 1.54) is 10.6 Å². The third-order valence-electron chi connectivity index (χ3n) is 10.2. The van der Waals surface area contributed by atoms with Gasteiger partial charge in [-0.1, -0.05) is 48.0 Å². The van der Waals surface area contributed by atoms with Gasteiger partial charge < -0.3 is 19.6 Å². The number of aliphatic hydroxyl groups excluding tert-OH is 1. The largest absolute Gasteiger partial charge is 0.416 e. The molecule has 1 aromatic heterocycles. The third kappa shape index (κ3) is 8.52. The van der Waals surface area contributed by atoms with Crippen molar-refractivity contribution in [1.29, 1.82) is 0 Å². The smallest absolute Gasteiger partial charge is 0.414 e. The van der Waals surface area contributed by atoms with E-state index in [9.17, 15) is 18.3 Å². The fourth-order valence-corrected chi connectivity index (χ4v) is 8.72. The van der Waals surface area contributed by atoms with Crippen molar-refractivity contribution in [3.63, 3.8) is 0 Å². The lowest BCUT2D eigenvalue weighted by Crippen LogP contribution is -2.44. The van der Waals surface area contributed by atoms with Gasteiger partial charge in [0.15, 0.2) is 0 Å². The summed E-state index contributed by atoms with van der Waals surface area (Å²) in [5, 5.41) is 17.6. The predicted octanol–water partition coefficient (Wildman–Crippen LogP) is 6.30. The van der Waals surface area contributed by atoms with E-state index in [0.29, 0.717) is 72.5 Å². The van der Waals surface area contributed by atoms with Crippen LogP contribution in [0.5, 0.6) is 0 Å². The summed E-state index contributed by atoms with van der Waals surface area (Å²) < 4.78 is 33.7. The van der Waals surface area contributed by atoms with E-state index >= 15 is 0 Å². The maximum absolute atomic E-state index is 12.6. The molecule has 1 amide bonds. The van der Waals surface area contributed by atoms with Crippen molar-refractivity contribution >= 4 is 39.3 Å². The number of piperidine rings is 2. The van der Waals surface area contributed by atoms with Gasteiger partial charge in [-0.3, -0.25) is 4.68 Å². The number of carbonyl (C=O) groups excluding carboxylic acids is 1. The van der Waals surface area contributed by atoms with Gasteiger partial charge in [0.05, 0.1) is 30.4 Å². The molecule has 4 heterocycles. The molecule has 10 nitrogen and oxygen atoms in total. The number of benzene rings is 2. The zero-order valence-corrected chi connectivity index (χ0v) is 30.5. The van der Waals surface area contributed by atoms with Crippen LogP contribution in [-0.2, 0) is 34.3 Å². The van der Waals surface area contributed by atoms with Crippen LogP contribution in [-0.4, -0.2) is 95.1 Å². The monoisotopic (exact) mass is 729 g/mol. The summed E-state index contributed by atoms with van der Waals surface area (Å²) in [5.74, 6) is 1.62. The Hall–Kier alpha value is -2.93. The summed E-state index contributed by atoms with van der Waals surface area (Å²) in [6.45, 7) is 10.1. The van der Waals surface area contributed by atoms with Crippen LogP contribution in [0, 0.1) is 11.8 Å². The minimum atomic E-state index is -3.41. The molecule has 264 valence electrons. The maximum Gasteiger partial charge on any atom is 0.414 e. The molecule has 1 N–H and O–H groups in total. The first-order valence-corrected chi connectivity index (χ1v) is 19.6. The lowest BCUT2D eigenvalue weighted by atomic mass is 9.79. The normalized spacial score (nSPS) is 19.1. The van der Waals surface area contributed by atoms with Crippen molar-refractivity contribution in [2.75, 3.05) is 45.5 Å². The highest BCUT2D eigenvalue weighted by molar-refractivity contribution is 7.88. The molecule has 0 unspecified atom stereocenters. The Morgan fingerprint density at radius 3 is 2.24 bits per heavy atom. The molecule has 0 radical (unpaired) electrons. The van der Waals surface area contributed by atoms with Gasteiger partial charge in [0.1, 0.15) is 0 Å². The number of fused-ring (bicyclic) bond motifs is 1. The van der Waals surface area contributed by atoms with Crippen LogP contribution in [0.25, 0.3) is 22.4 Å². The molecule has 0 saturated carbocycles. The first kappa shape index (κ1) is 35.9. The van der Waals surface area contributed by atoms with Crippen LogP contribution in [0.3, 0.4) is 0 Å². The highest BCUT2D eigenvalue weighted by Crippen LogP contribution is 2.37. The molecule has 3 aromatic rings. The number of allylic oxidation sites excluding steroid dienone is 1. The number of β-amino-alcohol motifs (C(OH)–C–C–N with tert-alkyl or cyclic N) is 1. The molecule has 0 bridgehead atoms. The fraction of sp³-hybridized carbons (Fsp3) is 0.500. The Labute approximate surface area is 299 Å². The average Bonchev–Trinajstić information content (AvgIpc) is 3.42. The molecule has 2 fully saturated rings. The van der Waals surface area contributed by atoms with Crippen molar-refractivity contribution in [2.45, 2.75) is 58.2 Å². The second-order valence-electron chi connectivity index (χ2n) is 13.7. The quantitative estimate of drug-likeness (QED) is 0.258. The lowest BCUT2D eigenvalue weighted by Gasteiger charge is -2.40. The summed E-state index contributed by atoms with van der Waals surface area (Å²) in [7, 11) is -3.41. The first-order valence-electron chi connectivity index (χ1n) is 17.0. The molecule has 6 rings (SSSR count). The summed E-state index contributed by atoms with van der Waals surface area (Å²) >= 11 is 12.8. The number of halogens is 2. The number of amides is 1.